The highest BCUT2D eigenvalue weighted by Gasteiger charge is 2.23. The van der Waals surface area contributed by atoms with Crippen LogP contribution in [0.15, 0.2) is 48.7 Å². The van der Waals surface area contributed by atoms with Crippen LogP contribution in [-0.2, 0) is 4.79 Å². The van der Waals surface area contributed by atoms with Crippen LogP contribution in [0.1, 0.15) is 25.1 Å². The molecule has 25 heavy (non-hydrogen) atoms. The van der Waals surface area contributed by atoms with Crippen molar-refractivity contribution in [2.75, 3.05) is 5.32 Å². The van der Waals surface area contributed by atoms with Crippen LogP contribution < -0.4 is 16.4 Å². The standard InChI is InChI=1S/C19H22N4O2/c1-13(2)17(23-19(20)25)18(24)22-16-8-5-6-14(12-16)9-10-15-7-3-4-11-21-15/h3-13,17H,1-2H3,(H,22,24)(H3,20,23,25)/b10-9+. The van der Waals surface area contributed by atoms with E-state index in [4.69, 9.17) is 5.73 Å². The first-order chi connectivity index (χ1) is 12.0. The fourth-order valence-electron chi connectivity index (χ4n) is 2.28. The summed E-state index contributed by atoms with van der Waals surface area (Å²) in [5.41, 5.74) is 7.55. The molecule has 1 unspecified atom stereocenters. The molecular formula is C19H22N4O2. The van der Waals surface area contributed by atoms with Crippen molar-refractivity contribution in [1.82, 2.24) is 10.3 Å². The van der Waals surface area contributed by atoms with Crippen molar-refractivity contribution in [3.05, 3.63) is 59.9 Å². The molecule has 2 rings (SSSR count). The summed E-state index contributed by atoms with van der Waals surface area (Å²) in [4.78, 5) is 27.7. The summed E-state index contributed by atoms with van der Waals surface area (Å²) in [6, 6.07) is 11.7. The van der Waals surface area contributed by atoms with Crippen LogP contribution in [0, 0.1) is 5.92 Å². The molecule has 1 aromatic heterocycles. The van der Waals surface area contributed by atoms with E-state index in [1.165, 1.54) is 0 Å². The Labute approximate surface area is 147 Å². The van der Waals surface area contributed by atoms with Gasteiger partial charge in [-0.25, -0.2) is 4.79 Å². The number of nitrogens with one attached hydrogen (secondary N) is 2. The smallest absolute Gasteiger partial charge is 0.312 e. The number of hydrogen-bond donors (Lipinski definition) is 3. The minimum atomic E-state index is -0.721. The van der Waals surface area contributed by atoms with E-state index in [1.807, 2.05) is 62.4 Å². The normalized spacial score (nSPS) is 12.1. The maximum absolute atomic E-state index is 12.4. The van der Waals surface area contributed by atoms with Crippen molar-refractivity contribution >= 4 is 29.8 Å². The number of amides is 3. The fourth-order valence-corrected chi connectivity index (χ4v) is 2.28. The van der Waals surface area contributed by atoms with Gasteiger partial charge in [-0.2, -0.15) is 0 Å². The number of urea groups is 1. The van der Waals surface area contributed by atoms with Gasteiger partial charge in [0.15, 0.2) is 0 Å². The minimum Gasteiger partial charge on any atom is -0.352 e. The first-order valence-corrected chi connectivity index (χ1v) is 8.01. The first-order valence-electron chi connectivity index (χ1n) is 8.01. The molecule has 4 N–H and O–H groups in total. The number of carbonyl (C=O) groups excluding carboxylic acids is 2. The van der Waals surface area contributed by atoms with Gasteiger partial charge in [0.05, 0.1) is 5.69 Å². The highest BCUT2D eigenvalue weighted by molar-refractivity contribution is 5.97. The van der Waals surface area contributed by atoms with Gasteiger partial charge in [0.25, 0.3) is 0 Å². The molecule has 0 aliphatic carbocycles. The van der Waals surface area contributed by atoms with Gasteiger partial charge in [0, 0.05) is 11.9 Å². The average Bonchev–Trinajstić information content (AvgIpc) is 2.58. The number of rotatable bonds is 6. The lowest BCUT2D eigenvalue weighted by Gasteiger charge is -2.20. The van der Waals surface area contributed by atoms with E-state index >= 15 is 0 Å². The third-order valence-corrected chi connectivity index (χ3v) is 3.54. The number of anilines is 1. The van der Waals surface area contributed by atoms with Crippen LogP contribution >= 0.6 is 0 Å². The Bertz CT molecular complexity index is 757. The Morgan fingerprint density at radius 3 is 2.56 bits per heavy atom. The van der Waals surface area contributed by atoms with Crippen LogP contribution in [0.25, 0.3) is 12.2 Å². The van der Waals surface area contributed by atoms with Crippen molar-refractivity contribution in [1.29, 1.82) is 0 Å². The number of primary amides is 1. The second kappa shape index (κ2) is 8.63. The van der Waals surface area contributed by atoms with Gasteiger partial charge >= 0.3 is 6.03 Å². The van der Waals surface area contributed by atoms with Crippen LogP contribution in [0.4, 0.5) is 10.5 Å². The molecule has 0 aliphatic rings. The first kappa shape index (κ1) is 18.2. The van der Waals surface area contributed by atoms with Crippen LogP contribution in [0.5, 0.6) is 0 Å². The van der Waals surface area contributed by atoms with Crippen molar-refractivity contribution in [3.8, 4) is 0 Å². The zero-order valence-corrected chi connectivity index (χ0v) is 14.3. The Morgan fingerprint density at radius 2 is 1.92 bits per heavy atom. The third kappa shape index (κ3) is 5.76. The molecule has 0 bridgehead atoms. The Hall–Kier alpha value is -3.15. The monoisotopic (exact) mass is 338 g/mol. The minimum absolute atomic E-state index is 0.0836. The van der Waals surface area contributed by atoms with Crippen molar-refractivity contribution in [3.63, 3.8) is 0 Å². The molecule has 0 fully saturated rings. The molecular weight excluding hydrogens is 316 g/mol. The summed E-state index contributed by atoms with van der Waals surface area (Å²) in [6.45, 7) is 3.68. The summed E-state index contributed by atoms with van der Waals surface area (Å²) in [7, 11) is 0. The van der Waals surface area contributed by atoms with Crippen molar-refractivity contribution in [2.24, 2.45) is 11.7 Å². The lowest BCUT2D eigenvalue weighted by Crippen LogP contribution is -2.49. The zero-order chi connectivity index (χ0) is 18.2. The molecule has 0 saturated carbocycles. The summed E-state index contributed by atoms with van der Waals surface area (Å²) < 4.78 is 0. The third-order valence-electron chi connectivity index (χ3n) is 3.54. The van der Waals surface area contributed by atoms with Gasteiger partial charge < -0.3 is 16.4 Å². The molecule has 3 amide bonds. The van der Waals surface area contributed by atoms with Gasteiger partial charge in [-0.15, -0.1) is 0 Å². The van der Waals surface area contributed by atoms with Gasteiger partial charge in [0.1, 0.15) is 6.04 Å². The molecule has 1 atom stereocenters. The maximum Gasteiger partial charge on any atom is 0.312 e. The lowest BCUT2D eigenvalue weighted by atomic mass is 10.0. The maximum atomic E-state index is 12.4. The van der Waals surface area contributed by atoms with E-state index in [1.54, 1.807) is 12.3 Å². The predicted octanol–water partition coefficient (Wildman–Crippen LogP) is 2.88. The van der Waals surface area contributed by atoms with Crippen molar-refractivity contribution < 1.29 is 9.59 Å². The molecule has 6 heteroatoms. The second-order valence-electron chi connectivity index (χ2n) is 5.93. The van der Waals surface area contributed by atoms with Gasteiger partial charge in [-0.05, 0) is 41.8 Å². The summed E-state index contributed by atoms with van der Waals surface area (Å²) >= 11 is 0. The van der Waals surface area contributed by atoms with Gasteiger partial charge in [0.2, 0.25) is 5.91 Å². The SMILES string of the molecule is CC(C)C(NC(N)=O)C(=O)Nc1cccc(/C=C/c2ccccn2)c1. The van der Waals surface area contributed by atoms with E-state index < -0.39 is 12.1 Å². The van der Waals surface area contributed by atoms with E-state index in [9.17, 15) is 9.59 Å². The summed E-state index contributed by atoms with van der Waals surface area (Å²) in [6.07, 6.45) is 5.54. The number of pyridine rings is 1. The topological polar surface area (TPSA) is 97.1 Å². The van der Waals surface area contributed by atoms with E-state index in [0.717, 1.165) is 11.3 Å². The zero-order valence-electron chi connectivity index (χ0n) is 14.3. The largest absolute Gasteiger partial charge is 0.352 e. The Balaban J connectivity index is 2.09. The lowest BCUT2D eigenvalue weighted by molar-refractivity contribution is -0.118. The number of nitrogens with two attached hydrogens (primary N) is 1. The molecule has 0 saturated heterocycles. The average molecular weight is 338 g/mol. The number of nitrogens with zero attached hydrogens (tertiary/aromatic N) is 1. The van der Waals surface area contributed by atoms with E-state index in [-0.39, 0.29) is 11.8 Å². The number of benzene rings is 1. The van der Waals surface area contributed by atoms with Gasteiger partial charge in [-0.1, -0.05) is 38.1 Å². The Kier molecular flexibility index (Phi) is 6.28. The highest BCUT2D eigenvalue weighted by Crippen LogP contribution is 2.15. The van der Waals surface area contributed by atoms with Gasteiger partial charge in [-0.3, -0.25) is 9.78 Å². The second-order valence-corrected chi connectivity index (χ2v) is 5.93. The number of carbonyl (C=O) groups is 2. The molecule has 1 heterocycles. The van der Waals surface area contributed by atoms with Crippen LogP contribution in [-0.4, -0.2) is 23.0 Å². The van der Waals surface area contributed by atoms with Crippen LogP contribution in [0.3, 0.4) is 0 Å². The number of hydrogen-bond acceptors (Lipinski definition) is 3. The molecule has 0 aliphatic heterocycles. The van der Waals surface area contributed by atoms with Crippen molar-refractivity contribution in [2.45, 2.75) is 19.9 Å². The molecule has 1 aromatic carbocycles. The Morgan fingerprint density at radius 1 is 1.12 bits per heavy atom. The molecule has 0 radical (unpaired) electrons. The molecule has 6 nitrogen and oxygen atoms in total. The molecule has 130 valence electrons. The molecule has 0 spiro atoms. The quantitative estimate of drug-likeness (QED) is 0.755. The van der Waals surface area contributed by atoms with E-state index in [0.29, 0.717) is 5.69 Å². The molecule has 2 aromatic rings. The van der Waals surface area contributed by atoms with E-state index in [2.05, 4.69) is 15.6 Å². The number of aromatic nitrogens is 1. The fraction of sp³-hybridized carbons (Fsp3) is 0.211. The highest BCUT2D eigenvalue weighted by atomic mass is 16.2. The van der Waals surface area contributed by atoms with Crippen LogP contribution in [0.2, 0.25) is 0 Å². The predicted molar refractivity (Wildman–Crippen MR) is 99.6 cm³/mol. The summed E-state index contributed by atoms with van der Waals surface area (Å²) in [5.74, 6) is -0.389. The summed E-state index contributed by atoms with van der Waals surface area (Å²) in [5, 5.41) is 5.27.